The molecule has 0 saturated heterocycles. The second kappa shape index (κ2) is 3.83. The minimum Gasteiger partial charge on any atom is -0.497 e. The van der Waals surface area contributed by atoms with Crippen molar-refractivity contribution in [2.45, 2.75) is 0 Å². The van der Waals surface area contributed by atoms with Crippen LogP contribution in [0.2, 0.25) is 0 Å². The molecule has 2 aromatic rings. The van der Waals surface area contributed by atoms with E-state index in [1.54, 1.807) is 13.2 Å². The molecule has 0 unspecified atom stereocenters. The fraction of sp³-hybridized carbons (Fsp3) is 0.100. The Labute approximate surface area is 81.0 Å². The lowest BCUT2D eigenvalue weighted by Crippen LogP contribution is -1.85. The van der Waals surface area contributed by atoms with Crippen molar-refractivity contribution in [2.75, 3.05) is 7.11 Å². The lowest BCUT2D eigenvalue weighted by atomic mass is 10.3. The number of rotatable bonds is 3. The molecule has 0 aliphatic carbocycles. The van der Waals surface area contributed by atoms with Gasteiger partial charge in [-0.15, -0.1) is 0 Å². The summed E-state index contributed by atoms with van der Waals surface area (Å²) in [6, 6.07) is 7.31. The van der Waals surface area contributed by atoms with Crippen molar-refractivity contribution in [1.29, 1.82) is 0 Å². The van der Waals surface area contributed by atoms with E-state index in [0.29, 0.717) is 11.5 Å². The van der Waals surface area contributed by atoms with Gasteiger partial charge in [-0.3, -0.25) is 0 Å². The number of methoxy groups -OCH3 is 1. The third-order valence-electron chi connectivity index (χ3n) is 1.69. The lowest BCUT2D eigenvalue weighted by Gasteiger charge is -2.03. The first-order valence-corrected chi connectivity index (χ1v) is 4.10. The molecule has 0 amide bonds. The maximum absolute atomic E-state index is 5.42. The first-order chi connectivity index (χ1) is 6.88. The van der Waals surface area contributed by atoms with Crippen LogP contribution in [-0.4, -0.2) is 12.3 Å². The van der Waals surface area contributed by atoms with Crippen LogP contribution in [0.25, 0.3) is 0 Å². The molecule has 0 N–H and O–H groups in total. The minimum atomic E-state index is 0.568. The molecule has 0 saturated carbocycles. The van der Waals surface area contributed by atoms with Gasteiger partial charge in [-0.05, 0) is 12.1 Å². The van der Waals surface area contributed by atoms with E-state index in [1.165, 1.54) is 12.5 Å². The van der Waals surface area contributed by atoms with Crippen LogP contribution in [0.15, 0.2) is 41.2 Å². The van der Waals surface area contributed by atoms with E-state index in [4.69, 9.17) is 9.47 Å². The highest BCUT2D eigenvalue weighted by Gasteiger charge is 2.00. The molecule has 4 heteroatoms. The maximum atomic E-state index is 5.42. The molecule has 1 aromatic heterocycles. The Kier molecular flexibility index (Phi) is 2.36. The van der Waals surface area contributed by atoms with E-state index < -0.39 is 0 Å². The molecule has 2 rings (SSSR count). The molecule has 0 bridgehead atoms. The summed E-state index contributed by atoms with van der Waals surface area (Å²) in [5.41, 5.74) is 0. The van der Waals surface area contributed by atoms with Crippen LogP contribution in [0.5, 0.6) is 17.2 Å². The van der Waals surface area contributed by atoms with E-state index >= 15 is 0 Å². The Morgan fingerprint density at radius 2 is 2.07 bits per heavy atom. The highest BCUT2D eigenvalue weighted by atomic mass is 16.5. The van der Waals surface area contributed by atoms with Crippen molar-refractivity contribution in [3.05, 3.63) is 36.7 Å². The number of ether oxygens (including phenoxy) is 2. The standard InChI is InChI=1S/C10H9NO3/c1-12-8-3-2-4-9(5-8)14-10-6-11-13-7-10/h2-7H,1H3. The SMILES string of the molecule is COc1cccc(Oc2cnoc2)c1. The molecule has 0 radical (unpaired) electrons. The van der Waals surface area contributed by atoms with Crippen LogP contribution in [-0.2, 0) is 0 Å². The number of aromatic nitrogens is 1. The zero-order valence-corrected chi connectivity index (χ0v) is 7.64. The third kappa shape index (κ3) is 1.85. The van der Waals surface area contributed by atoms with Gasteiger partial charge in [-0.25, -0.2) is 0 Å². The average molecular weight is 191 g/mol. The highest BCUT2D eigenvalue weighted by molar-refractivity contribution is 5.35. The summed E-state index contributed by atoms with van der Waals surface area (Å²) in [5.74, 6) is 2.00. The van der Waals surface area contributed by atoms with E-state index in [-0.39, 0.29) is 0 Å². The van der Waals surface area contributed by atoms with Crippen molar-refractivity contribution in [3.63, 3.8) is 0 Å². The van der Waals surface area contributed by atoms with E-state index in [1.807, 2.05) is 18.2 Å². The summed E-state index contributed by atoms with van der Waals surface area (Å²) in [6.45, 7) is 0. The first kappa shape index (κ1) is 8.62. The van der Waals surface area contributed by atoms with Gasteiger partial charge in [0.2, 0.25) is 0 Å². The molecule has 0 fully saturated rings. The molecular formula is C10H9NO3. The van der Waals surface area contributed by atoms with Crippen LogP contribution < -0.4 is 9.47 Å². The molecular weight excluding hydrogens is 182 g/mol. The van der Waals surface area contributed by atoms with Gasteiger partial charge < -0.3 is 14.0 Å². The van der Waals surface area contributed by atoms with Gasteiger partial charge in [0.15, 0.2) is 12.0 Å². The fourth-order valence-electron chi connectivity index (χ4n) is 1.05. The van der Waals surface area contributed by atoms with Crippen LogP contribution in [0.1, 0.15) is 0 Å². The average Bonchev–Trinajstić information content (AvgIpc) is 2.71. The smallest absolute Gasteiger partial charge is 0.186 e. The topological polar surface area (TPSA) is 44.5 Å². The van der Waals surface area contributed by atoms with Crippen molar-refractivity contribution < 1.29 is 14.0 Å². The first-order valence-electron chi connectivity index (χ1n) is 4.10. The minimum absolute atomic E-state index is 0.568. The fourth-order valence-corrected chi connectivity index (χ4v) is 1.05. The van der Waals surface area contributed by atoms with Crippen molar-refractivity contribution >= 4 is 0 Å². The van der Waals surface area contributed by atoms with E-state index in [0.717, 1.165) is 5.75 Å². The van der Waals surface area contributed by atoms with Crippen molar-refractivity contribution in [2.24, 2.45) is 0 Å². The Bertz CT molecular complexity index is 398. The maximum Gasteiger partial charge on any atom is 0.186 e. The van der Waals surface area contributed by atoms with E-state index in [9.17, 15) is 0 Å². The van der Waals surface area contributed by atoms with Gasteiger partial charge in [-0.1, -0.05) is 11.2 Å². The number of benzene rings is 1. The summed E-state index contributed by atoms with van der Waals surface area (Å²) >= 11 is 0. The molecule has 1 heterocycles. The molecule has 0 spiro atoms. The van der Waals surface area contributed by atoms with Crippen molar-refractivity contribution in [1.82, 2.24) is 5.16 Å². The predicted molar refractivity (Wildman–Crippen MR) is 49.6 cm³/mol. The summed E-state index contributed by atoms with van der Waals surface area (Å²) in [4.78, 5) is 0. The normalized spacial score (nSPS) is 9.79. The molecule has 72 valence electrons. The summed E-state index contributed by atoms with van der Waals surface area (Å²) in [7, 11) is 1.61. The van der Waals surface area contributed by atoms with Crippen LogP contribution >= 0.6 is 0 Å². The zero-order chi connectivity index (χ0) is 9.80. The molecule has 1 aromatic carbocycles. The van der Waals surface area contributed by atoms with Gasteiger partial charge in [0, 0.05) is 6.07 Å². The molecule has 0 aliphatic heterocycles. The number of hydrogen-bond donors (Lipinski definition) is 0. The Hall–Kier alpha value is -1.97. The second-order valence-corrected chi connectivity index (χ2v) is 2.64. The Morgan fingerprint density at radius 3 is 2.79 bits per heavy atom. The largest absolute Gasteiger partial charge is 0.497 e. The van der Waals surface area contributed by atoms with E-state index in [2.05, 4.69) is 9.68 Å². The van der Waals surface area contributed by atoms with Gasteiger partial charge in [-0.2, -0.15) is 0 Å². The summed E-state index contributed by atoms with van der Waals surface area (Å²) in [5, 5.41) is 3.53. The van der Waals surface area contributed by atoms with Gasteiger partial charge in [0.1, 0.15) is 17.7 Å². The summed E-state index contributed by atoms with van der Waals surface area (Å²) in [6.07, 6.45) is 2.93. The molecule has 4 nitrogen and oxygen atoms in total. The zero-order valence-electron chi connectivity index (χ0n) is 7.64. The van der Waals surface area contributed by atoms with Crippen LogP contribution in [0.3, 0.4) is 0 Å². The van der Waals surface area contributed by atoms with Gasteiger partial charge in [0.25, 0.3) is 0 Å². The van der Waals surface area contributed by atoms with Crippen LogP contribution in [0.4, 0.5) is 0 Å². The molecule has 14 heavy (non-hydrogen) atoms. The number of hydrogen-bond acceptors (Lipinski definition) is 4. The summed E-state index contributed by atoms with van der Waals surface area (Å²) < 4.78 is 15.1. The van der Waals surface area contributed by atoms with Gasteiger partial charge in [0.05, 0.1) is 7.11 Å². The van der Waals surface area contributed by atoms with Gasteiger partial charge >= 0.3 is 0 Å². The van der Waals surface area contributed by atoms with Crippen molar-refractivity contribution in [3.8, 4) is 17.2 Å². The number of nitrogens with zero attached hydrogens (tertiary/aromatic N) is 1. The van der Waals surface area contributed by atoms with Crippen LogP contribution in [0, 0.1) is 0 Å². The Morgan fingerprint density at radius 1 is 1.21 bits per heavy atom. The predicted octanol–water partition coefficient (Wildman–Crippen LogP) is 2.48. The molecule has 0 aliphatic rings. The molecule has 0 atom stereocenters. The lowest BCUT2D eigenvalue weighted by molar-refractivity contribution is 0.403. The monoisotopic (exact) mass is 191 g/mol. The quantitative estimate of drug-likeness (QED) is 0.747. The third-order valence-corrected chi connectivity index (χ3v) is 1.69. The Balaban J connectivity index is 2.17. The highest BCUT2D eigenvalue weighted by Crippen LogP contribution is 2.24. The second-order valence-electron chi connectivity index (χ2n) is 2.64.